The molecule has 80 valence electrons. The molecule has 0 fully saturated rings. The molecule has 0 aromatic heterocycles. The van der Waals surface area contributed by atoms with Crippen molar-refractivity contribution in [2.24, 2.45) is 0 Å². The smallest absolute Gasteiger partial charge is 0.336 e. The fourth-order valence-electron chi connectivity index (χ4n) is 1.17. The normalized spacial score (nSPS) is 12.1. The van der Waals surface area contributed by atoms with E-state index in [9.17, 15) is 14.7 Å². The monoisotopic (exact) mass is 272 g/mol. The second kappa shape index (κ2) is 4.44. The maximum atomic E-state index is 11.1. The van der Waals surface area contributed by atoms with Gasteiger partial charge in [-0.3, -0.25) is 4.79 Å². The largest absolute Gasteiger partial charge is 0.508 e. The van der Waals surface area contributed by atoms with Crippen LogP contribution in [0.5, 0.6) is 5.75 Å². The van der Waals surface area contributed by atoms with Crippen molar-refractivity contribution in [2.75, 3.05) is 0 Å². The van der Waals surface area contributed by atoms with Gasteiger partial charge in [-0.2, -0.15) is 0 Å². The predicted molar refractivity (Wildman–Crippen MR) is 57.4 cm³/mol. The van der Waals surface area contributed by atoms with E-state index in [-0.39, 0.29) is 22.7 Å². The molecule has 1 rings (SSSR count). The number of alkyl halides is 1. The van der Waals surface area contributed by atoms with Gasteiger partial charge in [0.1, 0.15) is 11.5 Å². The van der Waals surface area contributed by atoms with E-state index in [1.54, 1.807) is 0 Å². The number of carboxylic acid groups (broad SMARTS) is 1. The lowest BCUT2D eigenvalue weighted by atomic mass is 10.0. The number of carbonyl (C=O) groups is 2. The van der Waals surface area contributed by atoms with Gasteiger partial charge in [0, 0.05) is 0 Å². The van der Waals surface area contributed by atoms with Crippen LogP contribution in [0.1, 0.15) is 27.7 Å². The van der Waals surface area contributed by atoms with Gasteiger partial charge in [0.25, 0.3) is 0 Å². The number of hydrogen-bond acceptors (Lipinski definition) is 3. The highest BCUT2D eigenvalue weighted by molar-refractivity contribution is 9.09. The highest BCUT2D eigenvalue weighted by Crippen LogP contribution is 2.29. The molecule has 0 bridgehead atoms. The zero-order valence-corrected chi connectivity index (χ0v) is 9.48. The molecule has 4 nitrogen and oxygen atoms in total. The minimum absolute atomic E-state index is 0.00451. The van der Waals surface area contributed by atoms with Gasteiger partial charge in [0.05, 0.1) is 10.4 Å². The number of aromatic hydroxyl groups is 1. The Bertz CT molecular complexity index is 414. The number of hydrogen-bond donors (Lipinski definition) is 2. The number of benzene rings is 1. The van der Waals surface area contributed by atoms with Crippen LogP contribution < -0.4 is 0 Å². The van der Waals surface area contributed by atoms with E-state index in [0.29, 0.717) is 0 Å². The molecule has 0 amide bonds. The van der Waals surface area contributed by atoms with Crippen LogP contribution in [0.15, 0.2) is 18.2 Å². The highest BCUT2D eigenvalue weighted by Gasteiger charge is 2.20. The lowest BCUT2D eigenvalue weighted by Crippen LogP contribution is -2.08. The third-order valence-corrected chi connectivity index (χ3v) is 3.03. The van der Waals surface area contributed by atoms with Crippen LogP contribution >= 0.6 is 15.9 Å². The maximum Gasteiger partial charge on any atom is 0.336 e. The van der Waals surface area contributed by atoms with E-state index in [4.69, 9.17) is 5.11 Å². The highest BCUT2D eigenvalue weighted by atomic mass is 79.9. The molecule has 0 heterocycles. The van der Waals surface area contributed by atoms with Gasteiger partial charge in [-0.1, -0.05) is 15.9 Å². The van der Waals surface area contributed by atoms with Gasteiger partial charge in [-0.25, -0.2) is 4.79 Å². The quantitative estimate of drug-likeness (QED) is 0.827. The topological polar surface area (TPSA) is 74.6 Å². The summed E-state index contributed by atoms with van der Waals surface area (Å²) in [4.78, 5) is 21.2. The van der Waals surface area contributed by atoms with Gasteiger partial charge in [-0.15, -0.1) is 0 Å². The van der Waals surface area contributed by atoms with E-state index in [2.05, 4.69) is 15.9 Å². The minimum Gasteiger partial charge on any atom is -0.508 e. The van der Waals surface area contributed by atoms with Crippen molar-refractivity contribution in [3.8, 4) is 5.75 Å². The van der Waals surface area contributed by atoms with Crippen molar-refractivity contribution in [2.45, 2.75) is 11.8 Å². The van der Waals surface area contributed by atoms with E-state index in [0.717, 1.165) is 0 Å². The predicted octanol–water partition coefficient (Wildman–Crippen LogP) is 2.12. The Morgan fingerprint density at radius 1 is 1.40 bits per heavy atom. The lowest BCUT2D eigenvalue weighted by molar-refractivity contribution is -0.116. The molecule has 1 atom stereocenters. The molecule has 0 aliphatic rings. The molecule has 0 aliphatic heterocycles. The Hall–Kier alpha value is -1.36. The number of phenolic OH excluding ortho intramolecular Hbond substituents is 1. The van der Waals surface area contributed by atoms with Gasteiger partial charge in [0.15, 0.2) is 0 Å². The lowest BCUT2D eigenvalue weighted by Gasteiger charge is -2.10. The van der Waals surface area contributed by atoms with Gasteiger partial charge < -0.3 is 10.2 Å². The fraction of sp³-hybridized carbons (Fsp3) is 0.200. The van der Waals surface area contributed by atoms with E-state index >= 15 is 0 Å². The summed E-state index contributed by atoms with van der Waals surface area (Å²) < 4.78 is 0. The van der Waals surface area contributed by atoms with Gasteiger partial charge in [0.2, 0.25) is 0 Å². The Morgan fingerprint density at radius 2 is 2.00 bits per heavy atom. The van der Waals surface area contributed by atoms with Crippen molar-refractivity contribution in [3.63, 3.8) is 0 Å². The molecule has 5 heteroatoms. The number of rotatable bonds is 3. The molecular weight excluding hydrogens is 264 g/mol. The van der Waals surface area contributed by atoms with Crippen molar-refractivity contribution in [3.05, 3.63) is 29.3 Å². The van der Waals surface area contributed by atoms with Gasteiger partial charge >= 0.3 is 5.97 Å². The average Bonchev–Trinajstić information content (AvgIpc) is 2.15. The molecule has 2 N–H and O–H groups in total. The second-order valence-electron chi connectivity index (χ2n) is 3.05. The van der Waals surface area contributed by atoms with Crippen molar-refractivity contribution in [1.29, 1.82) is 0 Å². The Kier molecular flexibility index (Phi) is 3.47. The summed E-state index contributed by atoms with van der Waals surface area (Å²) in [6.07, 6.45) is 0. The van der Waals surface area contributed by atoms with Crippen LogP contribution in [-0.4, -0.2) is 22.0 Å². The molecule has 15 heavy (non-hydrogen) atoms. The Labute approximate surface area is 94.7 Å². The van der Waals surface area contributed by atoms with Crippen LogP contribution in [0, 0.1) is 0 Å². The van der Waals surface area contributed by atoms with Crippen LogP contribution in [0.3, 0.4) is 0 Å². The first-order valence-electron chi connectivity index (χ1n) is 4.14. The summed E-state index contributed by atoms with van der Waals surface area (Å²) in [5.74, 6) is -1.42. The Morgan fingerprint density at radius 3 is 2.47 bits per heavy atom. The Balaban J connectivity index is 3.30. The molecule has 0 saturated carbocycles. The van der Waals surface area contributed by atoms with Crippen molar-refractivity contribution < 1.29 is 19.8 Å². The number of carboxylic acids is 1. The molecule has 0 radical (unpaired) electrons. The summed E-state index contributed by atoms with van der Waals surface area (Å²) in [5, 5.41) is 18.1. The zero-order valence-electron chi connectivity index (χ0n) is 7.90. The molecule has 1 aromatic carbocycles. The first-order chi connectivity index (χ1) is 6.93. The number of halogens is 1. The van der Waals surface area contributed by atoms with Crippen molar-refractivity contribution in [1.82, 2.24) is 0 Å². The van der Waals surface area contributed by atoms with E-state index < -0.39 is 10.8 Å². The summed E-state index contributed by atoms with van der Waals surface area (Å²) in [6.45, 7) is 1.34. The van der Waals surface area contributed by atoms with Crippen LogP contribution in [0.25, 0.3) is 0 Å². The van der Waals surface area contributed by atoms with Crippen LogP contribution in [0.4, 0.5) is 0 Å². The molecular formula is C10H9BrO4. The molecule has 1 aromatic rings. The number of phenols is 1. The summed E-state index contributed by atoms with van der Waals surface area (Å²) in [5.41, 5.74) is 0.264. The standard InChI is InChI=1S/C10H9BrO4/c1-5(12)9(11)8-4-6(13)2-3-7(8)10(14)15/h2-4,9,13H,1H3,(H,14,15). The fourth-order valence-corrected chi connectivity index (χ4v) is 1.55. The second-order valence-corrected chi connectivity index (χ2v) is 3.97. The third kappa shape index (κ3) is 2.56. The first kappa shape index (κ1) is 11.7. The number of Topliss-reactive ketones (excluding diaryl/α,β-unsaturated/α-hetero) is 1. The van der Waals surface area contributed by atoms with Crippen LogP contribution in [-0.2, 0) is 4.79 Å². The summed E-state index contributed by atoms with van der Waals surface area (Å²) in [7, 11) is 0. The van der Waals surface area contributed by atoms with E-state index in [1.165, 1.54) is 25.1 Å². The first-order valence-corrected chi connectivity index (χ1v) is 5.05. The summed E-state index contributed by atoms with van der Waals surface area (Å²) in [6, 6.07) is 3.81. The number of aromatic carboxylic acids is 1. The molecule has 1 unspecified atom stereocenters. The van der Waals surface area contributed by atoms with Crippen LogP contribution in [0.2, 0.25) is 0 Å². The zero-order chi connectivity index (χ0) is 11.6. The number of ketones is 1. The molecule has 0 aliphatic carbocycles. The van der Waals surface area contributed by atoms with Crippen molar-refractivity contribution >= 4 is 27.7 Å². The number of carbonyl (C=O) groups excluding carboxylic acids is 1. The van der Waals surface area contributed by atoms with Gasteiger partial charge in [-0.05, 0) is 30.7 Å². The molecule has 0 spiro atoms. The van der Waals surface area contributed by atoms with E-state index in [1.807, 2.05) is 0 Å². The maximum absolute atomic E-state index is 11.1. The molecule has 0 saturated heterocycles. The average molecular weight is 273 g/mol. The SMILES string of the molecule is CC(=O)C(Br)c1cc(O)ccc1C(=O)O. The third-order valence-electron chi connectivity index (χ3n) is 1.90. The minimum atomic E-state index is -1.13. The summed E-state index contributed by atoms with van der Waals surface area (Å²) >= 11 is 3.08.